The minimum atomic E-state index is -1.19. The van der Waals surface area contributed by atoms with Crippen LogP contribution in [0.5, 0.6) is 0 Å². The van der Waals surface area contributed by atoms with Crippen LogP contribution < -0.4 is 0 Å². The Morgan fingerprint density at radius 1 is 1.35 bits per heavy atom. The fourth-order valence-corrected chi connectivity index (χ4v) is 1.48. The Labute approximate surface area is 101 Å². The van der Waals surface area contributed by atoms with E-state index in [4.69, 9.17) is 17.3 Å². The highest BCUT2D eigenvalue weighted by Crippen LogP contribution is 2.19. The summed E-state index contributed by atoms with van der Waals surface area (Å²) in [5.74, 6) is -1.81. The standard InChI is InChI=1S/C11H7FN2O2S/c12-8-4-6(3-7(5-8)11(15)16)9-1-2-10(17)14-13-9/h1-5H,(H,14,17)(H,15,16). The number of hydrogen-bond donors (Lipinski definition) is 2. The molecular formula is C11H7FN2O2S. The molecule has 0 fully saturated rings. The first-order chi connectivity index (χ1) is 8.06. The second-order valence-electron chi connectivity index (χ2n) is 3.34. The van der Waals surface area contributed by atoms with Gasteiger partial charge >= 0.3 is 5.97 Å². The summed E-state index contributed by atoms with van der Waals surface area (Å²) in [4.78, 5) is 10.8. The number of carbonyl (C=O) groups is 1. The molecule has 6 heteroatoms. The molecule has 2 rings (SSSR count). The number of hydrogen-bond acceptors (Lipinski definition) is 3. The number of benzene rings is 1. The summed E-state index contributed by atoms with van der Waals surface area (Å²) in [6.45, 7) is 0. The number of rotatable bonds is 2. The van der Waals surface area contributed by atoms with Gasteiger partial charge in [0.2, 0.25) is 0 Å². The minimum Gasteiger partial charge on any atom is -0.478 e. The van der Waals surface area contributed by atoms with Crippen LogP contribution in [0, 0.1) is 10.5 Å². The van der Waals surface area contributed by atoms with Crippen LogP contribution in [0.3, 0.4) is 0 Å². The van der Waals surface area contributed by atoms with Gasteiger partial charge in [0, 0.05) is 5.56 Å². The summed E-state index contributed by atoms with van der Waals surface area (Å²) in [7, 11) is 0. The molecular weight excluding hydrogens is 243 g/mol. The van der Waals surface area contributed by atoms with Crippen LogP contribution in [-0.2, 0) is 0 Å². The molecule has 0 atom stereocenters. The van der Waals surface area contributed by atoms with Gasteiger partial charge in [0.05, 0.1) is 11.3 Å². The van der Waals surface area contributed by atoms with Gasteiger partial charge in [-0.25, -0.2) is 9.18 Å². The quantitative estimate of drug-likeness (QED) is 0.804. The van der Waals surface area contributed by atoms with E-state index in [0.717, 1.165) is 6.07 Å². The average molecular weight is 250 g/mol. The Morgan fingerprint density at radius 3 is 2.71 bits per heavy atom. The predicted octanol–water partition coefficient (Wildman–Crippen LogP) is 2.64. The summed E-state index contributed by atoms with van der Waals surface area (Å²) in [6.07, 6.45) is 0. The molecule has 4 nitrogen and oxygen atoms in total. The van der Waals surface area contributed by atoms with E-state index in [0.29, 0.717) is 15.9 Å². The smallest absolute Gasteiger partial charge is 0.335 e. The Hall–Kier alpha value is -2.08. The molecule has 0 spiro atoms. The number of halogens is 1. The number of carboxylic acids is 1. The van der Waals surface area contributed by atoms with Crippen molar-refractivity contribution in [1.29, 1.82) is 0 Å². The van der Waals surface area contributed by atoms with E-state index >= 15 is 0 Å². The Morgan fingerprint density at radius 2 is 2.12 bits per heavy atom. The molecule has 0 bridgehead atoms. The summed E-state index contributed by atoms with van der Waals surface area (Å²) in [6, 6.07) is 6.72. The largest absolute Gasteiger partial charge is 0.478 e. The number of aromatic amines is 1. The maximum Gasteiger partial charge on any atom is 0.335 e. The molecule has 0 saturated carbocycles. The van der Waals surface area contributed by atoms with E-state index in [2.05, 4.69) is 10.2 Å². The zero-order chi connectivity index (χ0) is 12.4. The Kier molecular flexibility index (Phi) is 2.97. The second-order valence-corrected chi connectivity index (χ2v) is 3.78. The molecule has 1 aromatic heterocycles. The number of nitrogens with zero attached hydrogens (tertiary/aromatic N) is 1. The van der Waals surface area contributed by atoms with Crippen molar-refractivity contribution in [3.05, 3.63) is 46.4 Å². The average Bonchev–Trinajstić information content (AvgIpc) is 2.29. The summed E-state index contributed by atoms with van der Waals surface area (Å²) in [5, 5.41) is 15.3. The molecule has 0 amide bonds. The molecule has 1 heterocycles. The van der Waals surface area contributed by atoms with Crippen LogP contribution in [0.15, 0.2) is 30.3 Å². The molecule has 0 aliphatic heterocycles. The third-order valence-corrected chi connectivity index (χ3v) is 2.35. The highest BCUT2D eigenvalue weighted by Gasteiger charge is 2.09. The molecule has 86 valence electrons. The monoisotopic (exact) mass is 250 g/mol. The lowest BCUT2D eigenvalue weighted by Crippen LogP contribution is -1.98. The van der Waals surface area contributed by atoms with Gasteiger partial charge in [-0.05, 0) is 30.3 Å². The van der Waals surface area contributed by atoms with Crippen LogP contribution in [0.25, 0.3) is 11.3 Å². The third kappa shape index (κ3) is 2.54. The lowest BCUT2D eigenvalue weighted by atomic mass is 10.1. The topological polar surface area (TPSA) is 66.0 Å². The van der Waals surface area contributed by atoms with Crippen molar-refractivity contribution >= 4 is 18.2 Å². The Balaban J connectivity index is 2.55. The van der Waals surface area contributed by atoms with Crippen LogP contribution in [-0.4, -0.2) is 21.3 Å². The normalized spacial score (nSPS) is 10.2. The number of aromatic carboxylic acids is 1. The molecule has 2 aromatic rings. The molecule has 17 heavy (non-hydrogen) atoms. The second kappa shape index (κ2) is 4.42. The predicted molar refractivity (Wildman–Crippen MR) is 61.8 cm³/mol. The number of nitrogens with one attached hydrogen (secondary N) is 1. The van der Waals surface area contributed by atoms with Gasteiger partial charge in [-0.1, -0.05) is 12.2 Å². The van der Waals surface area contributed by atoms with Gasteiger partial charge in [0.15, 0.2) is 0 Å². The lowest BCUT2D eigenvalue weighted by Gasteiger charge is -2.02. The molecule has 0 saturated heterocycles. The van der Waals surface area contributed by atoms with Crippen molar-refractivity contribution in [2.24, 2.45) is 0 Å². The van der Waals surface area contributed by atoms with E-state index < -0.39 is 11.8 Å². The summed E-state index contributed by atoms with van der Waals surface area (Å²) in [5.41, 5.74) is 0.693. The fraction of sp³-hybridized carbons (Fsp3) is 0. The SMILES string of the molecule is O=C(O)c1cc(F)cc(-c2ccc(=S)[nH]n2)c1. The summed E-state index contributed by atoms with van der Waals surface area (Å²) < 4.78 is 13.7. The van der Waals surface area contributed by atoms with Crippen molar-refractivity contribution in [2.45, 2.75) is 0 Å². The van der Waals surface area contributed by atoms with Crippen LogP contribution in [0.4, 0.5) is 4.39 Å². The maximum atomic E-state index is 13.2. The van der Waals surface area contributed by atoms with E-state index in [-0.39, 0.29) is 5.56 Å². The molecule has 0 aliphatic rings. The third-order valence-electron chi connectivity index (χ3n) is 2.12. The van der Waals surface area contributed by atoms with Gasteiger partial charge in [0.1, 0.15) is 10.5 Å². The van der Waals surface area contributed by atoms with Crippen molar-refractivity contribution < 1.29 is 14.3 Å². The van der Waals surface area contributed by atoms with Gasteiger partial charge < -0.3 is 5.11 Å². The first-order valence-corrected chi connectivity index (χ1v) is 5.07. The van der Waals surface area contributed by atoms with Crippen LogP contribution in [0.1, 0.15) is 10.4 Å². The molecule has 0 aliphatic carbocycles. The van der Waals surface area contributed by atoms with Crippen molar-refractivity contribution in [1.82, 2.24) is 10.2 Å². The van der Waals surface area contributed by atoms with Crippen molar-refractivity contribution in [3.8, 4) is 11.3 Å². The van der Waals surface area contributed by atoms with Crippen LogP contribution in [0.2, 0.25) is 0 Å². The van der Waals surface area contributed by atoms with E-state index in [1.807, 2.05) is 0 Å². The van der Waals surface area contributed by atoms with Crippen LogP contribution >= 0.6 is 12.2 Å². The minimum absolute atomic E-state index is 0.121. The molecule has 1 aromatic carbocycles. The summed E-state index contributed by atoms with van der Waals surface area (Å²) >= 11 is 4.83. The van der Waals surface area contributed by atoms with Gasteiger partial charge in [0.25, 0.3) is 0 Å². The van der Waals surface area contributed by atoms with Gasteiger partial charge in [-0.15, -0.1) is 0 Å². The first-order valence-electron chi connectivity index (χ1n) is 4.66. The first kappa shape index (κ1) is 11.4. The Bertz CT molecular complexity index is 619. The maximum absolute atomic E-state index is 13.2. The van der Waals surface area contributed by atoms with Crippen molar-refractivity contribution in [3.63, 3.8) is 0 Å². The number of H-pyrrole nitrogens is 1. The van der Waals surface area contributed by atoms with E-state index in [1.54, 1.807) is 12.1 Å². The molecule has 0 radical (unpaired) electrons. The number of carboxylic acid groups (broad SMARTS) is 1. The van der Waals surface area contributed by atoms with E-state index in [9.17, 15) is 9.18 Å². The lowest BCUT2D eigenvalue weighted by molar-refractivity contribution is 0.0696. The molecule has 0 unspecified atom stereocenters. The highest BCUT2D eigenvalue weighted by molar-refractivity contribution is 7.71. The zero-order valence-electron chi connectivity index (χ0n) is 8.48. The highest BCUT2D eigenvalue weighted by atomic mass is 32.1. The van der Waals surface area contributed by atoms with Gasteiger partial charge in [-0.2, -0.15) is 5.10 Å². The zero-order valence-corrected chi connectivity index (χ0v) is 9.29. The van der Waals surface area contributed by atoms with Crippen molar-refractivity contribution in [2.75, 3.05) is 0 Å². The number of aromatic nitrogens is 2. The molecule has 2 N–H and O–H groups in total. The van der Waals surface area contributed by atoms with Gasteiger partial charge in [-0.3, -0.25) is 5.10 Å². The fourth-order valence-electron chi connectivity index (χ4n) is 1.37. The van der Waals surface area contributed by atoms with E-state index in [1.165, 1.54) is 12.1 Å².